The van der Waals surface area contributed by atoms with Crippen molar-refractivity contribution < 1.29 is 19.2 Å². The number of rotatable bonds is 4. The standard InChI is InChI=1S/C18H26N4O3/c1-3-20-7-9-21(10-8-20)18(24)19-14-11-17(23)22(13-14)15-5-4-6-16(12-15)25-2/h4-6,12,14H,3,7-11,13H2,1-2H3,(H,19,24)/p+1/t14-/m0/s1. The molecule has 7 heteroatoms. The number of nitrogens with one attached hydrogen (secondary N) is 2. The summed E-state index contributed by atoms with van der Waals surface area (Å²) < 4.78 is 5.22. The molecule has 0 unspecified atom stereocenters. The van der Waals surface area contributed by atoms with E-state index in [1.165, 1.54) is 4.90 Å². The predicted molar refractivity (Wildman–Crippen MR) is 95.1 cm³/mol. The Balaban J connectivity index is 1.56. The number of ether oxygens (including phenoxy) is 1. The van der Waals surface area contributed by atoms with Gasteiger partial charge in [-0.3, -0.25) is 4.79 Å². The number of hydrogen-bond acceptors (Lipinski definition) is 3. The third kappa shape index (κ3) is 4.04. The molecule has 2 saturated heterocycles. The number of anilines is 1. The fourth-order valence-corrected chi connectivity index (χ4v) is 3.48. The second kappa shape index (κ2) is 7.74. The van der Waals surface area contributed by atoms with E-state index in [0.717, 1.165) is 38.4 Å². The maximum absolute atomic E-state index is 12.5. The summed E-state index contributed by atoms with van der Waals surface area (Å²) in [5.74, 6) is 0.743. The van der Waals surface area contributed by atoms with E-state index in [4.69, 9.17) is 4.74 Å². The van der Waals surface area contributed by atoms with Crippen LogP contribution in [0.15, 0.2) is 24.3 Å². The molecule has 2 fully saturated rings. The Morgan fingerprint density at radius 1 is 1.36 bits per heavy atom. The summed E-state index contributed by atoms with van der Waals surface area (Å²) in [4.78, 5) is 29.9. The van der Waals surface area contributed by atoms with Crippen LogP contribution in [0.4, 0.5) is 10.5 Å². The van der Waals surface area contributed by atoms with Gasteiger partial charge in [-0.15, -0.1) is 0 Å². The number of carbonyl (C=O) groups is 2. The van der Waals surface area contributed by atoms with Crippen LogP contribution in [0.2, 0.25) is 0 Å². The van der Waals surface area contributed by atoms with Gasteiger partial charge in [-0.1, -0.05) is 6.07 Å². The van der Waals surface area contributed by atoms with E-state index in [2.05, 4.69) is 12.2 Å². The Hall–Kier alpha value is -2.28. The van der Waals surface area contributed by atoms with Crippen LogP contribution in [0.25, 0.3) is 0 Å². The number of piperazine rings is 1. The van der Waals surface area contributed by atoms with E-state index in [-0.39, 0.29) is 18.0 Å². The summed E-state index contributed by atoms with van der Waals surface area (Å²) in [6.07, 6.45) is 0.336. The van der Waals surface area contributed by atoms with Crippen LogP contribution in [-0.4, -0.2) is 69.3 Å². The SMILES string of the molecule is CC[NH+]1CCN(C(=O)N[C@H]2CC(=O)N(c3cccc(OC)c3)C2)CC1. The van der Waals surface area contributed by atoms with E-state index in [1.807, 2.05) is 29.2 Å². The lowest BCUT2D eigenvalue weighted by molar-refractivity contribution is -0.902. The maximum atomic E-state index is 12.5. The summed E-state index contributed by atoms with van der Waals surface area (Å²) in [6, 6.07) is 7.24. The number of quaternary nitrogens is 1. The van der Waals surface area contributed by atoms with Gasteiger partial charge in [0.25, 0.3) is 0 Å². The highest BCUT2D eigenvalue weighted by atomic mass is 16.5. The first-order valence-electron chi connectivity index (χ1n) is 8.94. The van der Waals surface area contributed by atoms with Gasteiger partial charge in [0.1, 0.15) is 5.75 Å². The summed E-state index contributed by atoms with van der Waals surface area (Å²) in [5, 5.41) is 3.02. The molecule has 1 aromatic carbocycles. The second-order valence-electron chi connectivity index (χ2n) is 6.65. The molecule has 25 heavy (non-hydrogen) atoms. The molecule has 136 valence electrons. The molecule has 1 atom stereocenters. The van der Waals surface area contributed by atoms with Crippen LogP contribution in [0, 0.1) is 0 Å². The highest BCUT2D eigenvalue weighted by Crippen LogP contribution is 2.25. The average molecular weight is 347 g/mol. The average Bonchev–Trinajstić information content (AvgIpc) is 3.02. The Labute approximate surface area is 148 Å². The predicted octanol–water partition coefficient (Wildman–Crippen LogP) is -0.269. The van der Waals surface area contributed by atoms with Gasteiger partial charge in [-0.05, 0) is 19.1 Å². The number of benzene rings is 1. The molecular weight excluding hydrogens is 320 g/mol. The molecule has 3 amide bonds. The van der Waals surface area contributed by atoms with Gasteiger partial charge >= 0.3 is 6.03 Å². The van der Waals surface area contributed by atoms with Crippen LogP contribution in [-0.2, 0) is 4.79 Å². The number of methoxy groups -OCH3 is 1. The molecule has 0 spiro atoms. The molecular formula is C18H27N4O3+. The first kappa shape index (κ1) is 17.5. The van der Waals surface area contributed by atoms with Crippen LogP contribution in [0.3, 0.4) is 0 Å². The van der Waals surface area contributed by atoms with Crippen LogP contribution < -0.4 is 19.9 Å². The maximum Gasteiger partial charge on any atom is 0.318 e. The number of urea groups is 1. The fraction of sp³-hybridized carbons (Fsp3) is 0.556. The summed E-state index contributed by atoms with van der Waals surface area (Å²) >= 11 is 0. The molecule has 2 N–H and O–H groups in total. The van der Waals surface area contributed by atoms with Gasteiger partial charge in [0, 0.05) is 24.7 Å². The van der Waals surface area contributed by atoms with Crippen molar-refractivity contribution in [1.82, 2.24) is 10.2 Å². The number of carbonyl (C=O) groups excluding carboxylic acids is 2. The zero-order valence-corrected chi connectivity index (χ0v) is 15.0. The molecule has 2 aliphatic heterocycles. The highest BCUT2D eigenvalue weighted by molar-refractivity contribution is 5.97. The number of amides is 3. The lowest BCUT2D eigenvalue weighted by atomic mass is 10.2. The van der Waals surface area contributed by atoms with Gasteiger partial charge in [-0.2, -0.15) is 0 Å². The minimum atomic E-state index is -0.150. The Kier molecular flexibility index (Phi) is 5.43. The van der Waals surface area contributed by atoms with Crippen molar-refractivity contribution >= 4 is 17.6 Å². The van der Waals surface area contributed by atoms with Crippen LogP contribution in [0.1, 0.15) is 13.3 Å². The molecule has 1 aromatic rings. The van der Waals surface area contributed by atoms with Crippen molar-refractivity contribution in [3.05, 3.63) is 24.3 Å². The Morgan fingerprint density at radius 3 is 2.80 bits per heavy atom. The third-order valence-electron chi connectivity index (χ3n) is 5.08. The summed E-state index contributed by atoms with van der Waals surface area (Å²) in [5.41, 5.74) is 0.807. The van der Waals surface area contributed by atoms with E-state index in [1.54, 1.807) is 12.0 Å². The van der Waals surface area contributed by atoms with E-state index >= 15 is 0 Å². The third-order valence-corrected chi connectivity index (χ3v) is 5.08. The monoisotopic (exact) mass is 347 g/mol. The first-order chi connectivity index (χ1) is 12.1. The molecule has 0 radical (unpaired) electrons. The van der Waals surface area contributed by atoms with Crippen LogP contribution >= 0.6 is 0 Å². The Bertz CT molecular complexity index is 629. The van der Waals surface area contributed by atoms with Crippen molar-refractivity contribution in [3.63, 3.8) is 0 Å². The van der Waals surface area contributed by atoms with Gasteiger partial charge in [-0.25, -0.2) is 4.79 Å². The van der Waals surface area contributed by atoms with E-state index < -0.39 is 0 Å². The molecule has 2 aliphatic rings. The van der Waals surface area contributed by atoms with Crippen LogP contribution in [0.5, 0.6) is 5.75 Å². The Morgan fingerprint density at radius 2 is 2.12 bits per heavy atom. The lowest BCUT2D eigenvalue weighted by Gasteiger charge is -2.32. The number of likely N-dealkylation sites (N-methyl/N-ethyl adjacent to an activating group) is 1. The van der Waals surface area contributed by atoms with Gasteiger partial charge < -0.3 is 24.8 Å². The molecule has 3 rings (SSSR count). The molecule has 0 aliphatic carbocycles. The van der Waals surface area contributed by atoms with Crippen molar-refractivity contribution in [3.8, 4) is 5.75 Å². The topological polar surface area (TPSA) is 66.3 Å². The van der Waals surface area contributed by atoms with E-state index in [0.29, 0.717) is 18.7 Å². The zero-order chi connectivity index (χ0) is 17.8. The van der Waals surface area contributed by atoms with Crippen molar-refractivity contribution in [2.45, 2.75) is 19.4 Å². The van der Waals surface area contributed by atoms with E-state index in [9.17, 15) is 9.59 Å². The molecule has 0 aromatic heterocycles. The second-order valence-corrected chi connectivity index (χ2v) is 6.65. The summed E-state index contributed by atoms with van der Waals surface area (Å²) in [7, 11) is 1.61. The largest absolute Gasteiger partial charge is 0.497 e. The molecule has 2 heterocycles. The fourth-order valence-electron chi connectivity index (χ4n) is 3.48. The first-order valence-corrected chi connectivity index (χ1v) is 8.94. The minimum Gasteiger partial charge on any atom is -0.497 e. The van der Waals surface area contributed by atoms with Gasteiger partial charge in [0.2, 0.25) is 5.91 Å². The minimum absolute atomic E-state index is 0.0267. The quantitative estimate of drug-likeness (QED) is 0.788. The van der Waals surface area contributed by atoms with Gasteiger partial charge in [0.05, 0.1) is 45.9 Å². The molecule has 0 saturated carbocycles. The normalized spacial score (nSPS) is 21.5. The molecule has 7 nitrogen and oxygen atoms in total. The van der Waals surface area contributed by atoms with Crippen molar-refractivity contribution in [1.29, 1.82) is 0 Å². The van der Waals surface area contributed by atoms with Crippen molar-refractivity contribution in [2.75, 3.05) is 51.3 Å². The number of nitrogens with zero attached hydrogens (tertiary/aromatic N) is 2. The highest BCUT2D eigenvalue weighted by Gasteiger charge is 2.33. The lowest BCUT2D eigenvalue weighted by Crippen LogP contribution is -3.14. The number of hydrogen-bond donors (Lipinski definition) is 2. The summed E-state index contributed by atoms with van der Waals surface area (Å²) in [6.45, 7) is 7.29. The van der Waals surface area contributed by atoms with Crippen molar-refractivity contribution in [2.24, 2.45) is 0 Å². The smallest absolute Gasteiger partial charge is 0.318 e. The zero-order valence-electron chi connectivity index (χ0n) is 15.0. The van der Waals surface area contributed by atoms with Gasteiger partial charge in [0.15, 0.2) is 0 Å². The molecule has 0 bridgehead atoms.